The summed E-state index contributed by atoms with van der Waals surface area (Å²) in [5.74, 6) is 0.151. The van der Waals surface area contributed by atoms with Crippen LogP contribution < -0.4 is 15.5 Å². The van der Waals surface area contributed by atoms with Crippen LogP contribution in [0.15, 0.2) is 82.6 Å². The second kappa shape index (κ2) is 8.63. The van der Waals surface area contributed by atoms with E-state index in [1.54, 1.807) is 23.7 Å². The van der Waals surface area contributed by atoms with Crippen LogP contribution in [0, 0.1) is 0 Å². The summed E-state index contributed by atoms with van der Waals surface area (Å²) in [7, 11) is 1.76. The first kappa shape index (κ1) is 20.0. The number of benzene rings is 3. The topological polar surface area (TPSA) is 61.4 Å². The zero-order valence-corrected chi connectivity index (χ0v) is 17.7. The molecule has 1 heterocycles. The molecule has 2 N–H and O–H groups in total. The van der Waals surface area contributed by atoms with Gasteiger partial charge < -0.3 is 15.5 Å². The number of rotatable bonds is 4. The minimum Gasteiger partial charge on any atom is -0.337 e. The first-order valence-electron chi connectivity index (χ1n) is 9.81. The molecule has 1 aliphatic rings. The molecule has 30 heavy (non-hydrogen) atoms. The van der Waals surface area contributed by atoms with Crippen molar-refractivity contribution < 1.29 is 9.59 Å². The van der Waals surface area contributed by atoms with Gasteiger partial charge in [-0.05, 0) is 41.8 Å². The molecule has 1 aliphatic heterocycles. The molecule has 152 valence electrons. The lowest BCUT2D eigenvalue weighted by atomic mass is 10.0. The number of anilines is 2. The lowest BCUT2D eigenvalue weighted by Gasteiger charge is -2.19. The Morgan fingerprint density at radius 1 is 1.00 bits per heavy atom. The van der Waals surface area contributed by atoms with Crippen LogP contribution in [-0.4, -0.2) is 25.5 Å². The molecule has 0 bridgehead atoms. The van der Waals surface area contributed by atoms with E-state index in [1.165, 1.54) is 5.56 Å². The monoisotopic (exact) mass is 417 g/mol. The van der Waals surface area contributed by atoms with E-state index in [1.807, 2.05) is 60.7 Å². The fourth-order valence-electron chi connectivity index (χ4n) is 3.40. The summed E-state index contributed by atoms with van der Waals surface area (Å²) in [6.45, 7) is 2.61. The number of hydrogen-bond acceptors (Lipinski definition) is 3. The van der Waals surface area contributed by atoms with Gasteiger partial charge in [0.25, 0.3) is 5.91 Å². The third-order valence-corrected chi connectivity index (χ3v) is 6.30. The van der Waals surface area contributed by atoms with Crippen molar-refractivity contribution in [2.45, 2.75) is 22.6 Å². The SMILES string of the molecule is C[C@H](CNC(=O)Nc1ccc2c(c1)N(C)C(=O)c1ccccc1S2)c1ccccc1. The van der Waals surface area contributed by atoms with E-state index in [0.717, 1.165) is 15.5 Å². The summed E-state index contributed by atoms with van der Waals surface area (Å²) in [6.07, 6.45) is 0. The van der Waals surface area contributed by atoms with Crippen LogP contribution in [0.3, 0.4) is 0 Å². The number of carbonyl (C=O) groups excluding carboxylic acids is 2. The largest absolute Gasteiger partial charge is 0.337 e. The van der Waals surface area contributed by atoms with Gasteiger partial charge in [0.2, 0.25) is 0 Å². The second-order valence-electron chi connectivity index (χ2n) is 7.29. The summed E-state index contributed by atoms with van der Waals surface area (Å²) < 4.78 is 0. The van der Waals surface area contributed by atoms with Gasteiger partial charge in [0.05, 0.1) is 11.3 Å². The van der Waals surface area contributed by atoms with Crippen LogP contribution in [-0.2, 0) is 0 Å². The molecular formula is C24H23N3O2S. The van der Waals surface area contributed by atoms with E-state index >= 15 is 0 Å². The highest BCUT2D eigenvalue weighted by Crippen LogP contribution is 2.41. The van der Waals surface area contributed by atoms with Gasteiger partial charge in [0, 0.05) is 29.1 Å². The van der Waals surface area contributed by atoms with Gasteiger partial charge in [-0.15, -0.1) is 0 Å². The first-order chi connectivity index (χ1) is 14.5. The summed E-state index contributed by atoms with van der Waals surface area (Å²) in [5.41, 5.74) is 3.28. The molecule has 0 radical (unpaired) electrons. The average Bonchev–Trinajstić information content (AvgIpc) is 2.88. The summed E-state index contributed by atoms with van der Waals surface area (Å²) in [5, 5.41) is 5.80. The number of nitrogens with one attached hydrogen (secondary N) is 2. The third-order valence-electron chi connectivity index (χ3n) is 5.16. The van der Waals surface area contributed by atoms with Crippen molar-refractivity contribution in [1.82, 2.24) is 5.32 Å². The van der Waals surface area contributed by atoms with Gasteiger partial charge >= 0.3 is 6.03 Å². The minimum absolute atomic E-state index is 0.0601. The molecule has 3 aromatic carbocycles. The molecule has 5 nitrogen and oxygen atoms in total. The number of amides is 3. The van der Waals surface area contributed by atoms with Crippen LogP contribution in [0.25, 0.3) is 0 Å². The van der Waals surface area contributed by atoms with E-state index in [0.29, 0.717) is 17.8 Å². The highest BCUT2D eigenvalue weighted by Gasteiger charge is 2.24. The smallest absolute Gasteiger partial charge is 0.319 e. The predicted octanol–water partition coefficient (Wildman–Crippen LogP) is 5.35. The molecule has 0 spiro atoms. The maximum absolute atomic E-state index is 12.9. The predicted molar refractivity (Wildman–Crippen MR) is 122 cm³/mol. The quantitative estimate of drug-likeness (QED) is 0.601. The Balaban J connectivity index is 1.45. The average molecular weight is 418 g/mol. The molecule has 4 rings (SSSR count). The lowest BCUT2D eigenvalue weighted by Crippen LogP contribution is -2.32. The van der Waals surface area contributed by atoms with E-state index in [2.05, 4.69) is 29.7 Å². The van der Waals surface area contributed by atoms with Gasteiger partial charge in [-0.1, -0.05) is 61.2 Å². The Labute approximate surface area is 180 Å². The van der Waals surface area contributed by atoms with Crippen LogP contribution in [0.1, 0.15) is 28.8 Å². The standard InChI is InChI=1S/C24H23N3O2S/c1-16(17-8-4-3-5-9-17)15-25-24(29)26-18-12-13-22-20(14-18)27(2)23(28)19-10-6-7-11-21(19)30-22/h3-14,16H,15H2,1-2H3,(H2,25,26,29)/t16-/m1/s1. The van der Waals surface area contributed by atoms with Gasteiger partial charge in [-0.3, -0.25) is 4.79 Å². The molecule has 0 aliphatic carbocycles. The number of carbonyl (C=O) groups is 2. The maximum Gasteiger partial charge on any atom is 0.319 e. The fraction of sp³-hybridized carbons (Fsp3) is 0.167. The summed E-state index contributed by atoms with van der Waals surface area (Å²) >= 11 is 1.56. The zero-order valence-electron chi connectivity index (χ0n) is 16.9. The normalized spacial score (nSPS) is 13.7. The molecule has 3 amide bonds. The number of nitrogens with zero attached hydrogens (tertiary/aromatic N) is 1. The Hall–Kier alpha value is -3.25. The van der Waals surface area contributed by atoms with Gasteiger partial charge in [0.1, 0.15) is 0 Å². The van der Waals surface area contributed by atoms with E-state index in [-0.39, 0.29) is 17.9 Å². The summed E-state index contributed by atoms with van der Waals surface area (Å²) in [6, 6.07) is 23.0. The lowest BCUT2D eigenvalue weighted by molar-refractivity contribution is 0.0990. The molecule has 1 atom stereocenters. The first-order valence-corrected chi connectivity index (χ1v) is 10.6. The van der Waals surface area contributed by atoms with E-state index in [4.69, 9.17) is 0 Å². The third kappa shape index (κ3) is 4.19. The van der Waals surface area contributed by atoms with Crippen molar-refractivity contribution in [1.29, 1.82) is 0 Å². The Kier molecular flexibility index (Phi) is 5.77. The van der Waals surface area contributed by atoms with Gasteiger partial charge in [-0.25, -0.2) is 4.79 Å². The Morgan fingerprint density at radius 3 is 2.53 bits per heavy atom. The maximum atomic E-state index is 12.9. The fourth-order valence-corrected chi connectivity index (χ4v) is 4.49. The Morgan fingerprint density at radius 2 is 1.73 bits per heavy atom. The van der Waals surface area contributed by atoms with Gasteiger partial charge in [0.15, 0.2) is 0 Å². The van der Waals surface area contributed by atoms with Crippen molar-refractivity contribution in [3.8, 4) is 0 Å². The van der Waals surface area contributed by atoms with Crippen LogP contribution in [0.2, 0.25) is 0 Å². The second-order valence-corrected chi connectivity index (χ2v) is 8.38. The van der Waals surface area contributed by atoms with E-state index in [9.17, 15) is 9.59 Å². The van der Waals surface area contributed by atoms with Crippen LogP contribution in [0.4, 0.5) is 16.2 Å². The molecular weight excluding hydrogens is 394 g/mol. The molecule has 0 fully saturated rings. The molecule has 0 aromatic heterocycles. The molecule has 0 saturated heterocycles. The zero-order chi connectivity index (χ0) is 21.1. The number of fused-ring (bicyclic) bond motifs is 2. The van der Waals surface area contributed by atoms with E-state index < -0.39 is 0 Å². The van der Waals surface area contributed by atoms with Crippen LogP contribution >= 0.6 is 11.8 Å². The highest BCUT2D eigenvalue weighted by molar-refractivity contribution is 7.99. The molecule has 0 saturated carbocycles. The highest BCUT2D eigenvalue weighted by atomic mass is 32.2. The minimum atomic E-state index is -0.267. The summed E-state index contributed by atoms with van der Waals surface area (Å²) in [4.78, 5) is 28.8. The van der Waals surface area contributed by atoms with Crippen molar-refractivity contribution in [3.05, 3.63) is 83.9 Å². The van der Waals surface area contributed by atoms with Crippen molar-refractivity contribution in [3.63, 3.8) is 0 Å². The number of hydrogen-bond donors (Lipinski definition) is 2. The molecule has 6 heteroatoms. The van der Waals surface area contributed by atoms with Crippen LogP contribution in [0.5, 0.6) is 0 Å². The van der Waals surface area contributed by atoms with Crippen molar-refractivity contribution >= 4 is 35.1 Å². The van der Waals surface area contributed by atoms with Crippen molar-refractivity contribution in [2.24, 2.45) is 0 Å². The molecule has 0 unspecified atom stereocenters. The van der Waals surface area contributed by atoms with Gasteiger partial charge in [-0.2, -0.15) is 0 Å². The van der Waals surface area contributed by atoms with Crippen molar-refractivity contribution in [2.75, 3.05) is 23.8 Å². The molecule has 3 aromatic rings. The Bertz CT molecular complexity index is 1080. The number of urea groups is 1.